The Morgan fingerprint density at radius 3 is 2.12 bits per heavy atom. The van der Waals surface area contributed by atoms with Gasteiger partial charge in [-0.15, -0.1) is 0 Å². The molecule has 4 aromatic carbocycles. The van der Waals surface area contributed by atoms with Crippen molar-refractivity contribution < 1.29 is 53.8 Å². The summed E-state index contributed by atoms with van der Waals surface area (Å²) in [5.41, 5.74) is -3.71. The molecule has 0 unspecified atom stereocenters. The lowest BCUT2D eigenvalue weighted by atomic mass is 9.77. The third-order valence-electron chi connectivity index (χ3n) is 7.78. The van der Waals surface area contributed by atoms with Gasteiger partial charge in [-0.05, 0) is 65.2 Å². The first-order valence-electron chi connectivity index (χ1n) is 14.5. The Balaban J connectivity index is 1.69. The van der Waals surface area contributed by atoms with Crippen molar-refractivity contribution in [3.05, 3.63) is 130 Å². The molecule has 0 aromatic heterocycles. The van der Waals surface area contributed by atoms with Gasteiger partial charge in [0.15, 0.2) is 0 Å². The minimum absolute atomic E-state index is 0.0136. The van der Waals surface area contributed by atoms with Crippen LogP contribution in [0.4, 0.5) is 45.2 Å². The van der Waals surface area contributed by atoms with Crippen LogP contribution in [0, 0.1) is 11.6 Å². The van der Waals surface area contributed by atoms with Crippen LogP contribution in [0.2, 0.25) is 0 Å². The molecular formula is C34H27F9N2O3. The maximum absolute atomic E-state index is 15.1. The number of hydrogen-bond donors (Lipinski definition) is 1. The normalized spacial score (nSPS) is 15.2. The first-order chi connectivity index (χ1) is 22.7. The fourth-order valence-electron chi connectivity index (χ4n) is 5.45. The van der Waals surface area contributed by atoms with Crippen LogP contribution < -0.4 is 15.0 Å². The fraction of sp³-hybridized carbons (Fsp3) is 0.265. The van der Waals surface area contributed by atoms with Gasteiger partial charge in [0.05, 0.1) is 24.3 Å². The highest BCUT2D eigenvalue weighted by molar-refractivity contribution is 5.95. The third-order valence-corrected chi connectivity index (χ3v) is 7.78. The molecule has 1 heterocycles. The fourth-order valence-corrected chi connectivity index (χ4v) is 5.45. The Bertz CT molecular complexity index is 1730. The van der Waals surface area contributed by atoms with Gasteiger partial charge in [0.1, 0.15) is 17.4 Å². The summed E-state index contributed by atoms with van der Waals surface area (Å²) in [6.07, 6.45) is -15.0. The number of morpholine rings is 1. The number of nitrogens with one attached hydrogen (secondary N) is 1. The summed E-state index contributed by atoms with van der Waals surface area (Å²) in [5, 5.41) is 2.64. The average Bonchev–Trinajstić information content (AvgIpc) is 3.04. The number of amides is 1. The van der Waals surface area contributed by atoms with Crippen LogP contribution in [0.3, 0.4) is 0 Å². The van der Waals surface area contributed by atoms with E-state index < -0.39 is 70.7 Å². The van der Waals surface area contributed by atoms with Crippen LogP contribution in [0.1, 0.15) is 32.6 Å². The zero-order chi connectivity index (χ0) is 34.7. The highest BCUT2D eigenvalue weighted by Crippen LogP contribution is 2.41. The molecule has 1 fully saturated rings. The van der Waals surface area contributed by atoms with Crippen molar-refractivity contribution in [1.82, 2.24) is 5.32 Å². The van der Waals surface area contributed by atoms with Gasteiger partial charge in [0, 0.05) is 36.8 Å². The second-order valence-corrected chi connectivity index (χ2v) is 11.0. The van der Waals surface area contributed by atoms with E-state index in [0.717, 1.165) is 17.8 Å². The molecule has 48 heavy (non-hydrogen) atoms. The van der Waals surface area contributed by atoms with E-state index in [4.69, 9.17) is 4.74 Å². The Kier molecular flexibility index (Phi) is 9.94. The lowest BCUT2D eigenvalue weighted by Gasteiger charge is -2.37. The first-order valence-corrected chi connectivity index (χ1v) is 14.5. The minimum Gasteiger partial charge on any atom is -0.428 e. The van der Waals surface area contributed by atoms with Crippen molar-refractivity contribution in [2.45, 2.75) is 30.7 Å². The van der Waals surface area contributed by atoms with E-state index in [0.29, 0.717) is 56.1 Å². The van der Waals surface area contributed by atoms with Crippen molar-refractivity contribution >= 4 is 11.6 Å². The third kappa shape index (κ3) is 7.70. The van der Waals surface area contributed by atoms with E-state index in [2.05, 4.69) is 10.1 Å². The second kappa shape index (κ2) is 13.8. The summed E-state index contributed by atoms with van der Waals surface area (Å²) >= 11 is 0. The summed E-state index contributed by atoms with van der Waals surface area (Å²) in [5.74, 6) is -4.94. The number of ether oxygens (including phenoxy) is 2. The van der Waals surface area contributed by atoms with Gasteiger partial charge in [0.2, 0.25) is 0 Å². The number of hydrogen-bond acceptors (Lipinski definition) is 4. The molecule has 0 spiro atoms. The lowest BCUT2D eigenvalue weighted by Crippen LogP contribution is -2.49. The molecule has 254 valence electrons. The average molecular weight is 683 g/mol. The van der Waals surface area contributed by atoms with E-state index in [-0.39, 0.29) is 5.56 Å². The van der Waals surface area contributed by atoms with Crippen molar-refractivity contribution in [3.63, 3.8) is 0 Å². The molecule has 0 aliphatic carbocycles. The number of rotatable bonds is 10. The Hall–Kier alpha value is -4.72. The van der Waals surface area contributed by atoms with Crippen LogP contribution >= 0.6 is 0 Å². The zero-order valence-corrected chi connectivity index (χ0v) is 24.8. The SMILES string of the molecule is O=C(N[C@](Cc1ccccc1)(c1cc(F)cc(OC(F)(F)C(F)F)c1)c1ccc(F)c(C(F)(F)F)c1)c1ccc(N2CCOCC2)cc1. The predicted octanol–water partition coefficient (Wildman–Crippen LogP) is 7.97. The van der Waals surface area contributed by atoms with Gasteiger partial charge in [-0.25, -0.2) is 8.78 Å². The molecule has 1 amide bonds. The van der Waals surface area contributed by atoms with E-state index in [1.54, 1.807) is 30.3 Å². The number of carbonyl (C=O) groups excluding carboxylic acids is 1. The molecule has 1 aliphatic rings. The monoisotopic (exact) mass is 682 g/mol. The Morgan fingerprint density at radius 2 is 1.50 bits per heavy atom. The van der Waals surface area contributed by atoms with Crippen molar-refractivity contribution in [2.24, 2.45) is 0 Å². The van der Waals surface area contributed by atoms with Crippen molar-refractivity contribution in [3.8, 4) is 5.75 Å². The molecule has 1 atom stereocenters. The number of carbonyl (C=O) groups is 1. The molecule has 0 saturated carbocycles. The van der Waals surface area contributed by atoms with Gasteiger partial charge in [-0.1, -0.05) is 36.4 Å². The molecule has 5 rings (SSSR count). The maximum Gasteiger partial charge on any atom is 0.461 e. The number of halogens is 9. The molecule has 1 saturated heterocycles. The zero-order valence-electron chi connectivity index (χ0n) is 24.8. The van der Waals surface area contributed by atoms with E-state index in [1.807, 2.05) is 4.90 Å². The molecule has 0 bridgehead atoms. The molecule has 14 heteroatoms. The molecule has 0 radical (unpaired) electrons. The van der Waals surface area contributed by atoms with E-state index >= 15 is 4.39 Å². The van der Waals surface area contributed by atoms with Crippen LogP contribution in [0.25, 0.3) is 0 Å². The van der Waals surface area contributed by atoms with Crippen molar-refractivity contribution in [1.29, 1.82) is 0 Å². The van der Waals surface area contributed by atoms with E-state index in [9.17, 15) is 39.9 Å². The summed E-state index contributed by atoms with van der Waals surface area (Å²) in [7, 11) is 0. The molecule has 1 N–H and O–H groups in total. The van der Waals surface area contributed by atoms with Gasteiger partial charge in [-0.3, -0.25) is 4.79 Å². The quantitative estimate of drug-likeness (QED) is 0.173. The van der Waals surface area contributed by atoms with Crippen LogP contribution in [-0.2, 0) is 22.9 Å². The topological polar surface area (TPSA) is 50.8 Å². The smallest absolute Gasteiger partial charge is 0.428 e. The lowest BCUT2D eigenvalue weighted by molar-refractivity contribution is -0.253. The van der Waals surface area contributed by atoms with Gasteiger partial charge >= 0.3 is 18.7 Å². The van der Waals surface area contributed by atoms with Crippen LogP contribution in [0.15, 0.2) is 91.0 Å². The van der Waals surface area contributed by atoms with Gasteiger partial charge in [-0.2, -0.15) is 30.7 Å². The maximum atomic E-state index is 15.1. The standard InChI is InChI=1S/C34H27F9N2O3/c35-25-16-24(17-27(19-25)48-34(42,43)31(37)38)32(20-21-4-2-1-3-5-21,23-8-11-29(36)28(18-23)33(39,40)41)44-30(46)22-6-9-26(10-7-22)45-12-14-47-15-13-45/h1-11,16-19,31H,12-15,20H2,(H,44,46)/t32-/m0/s1. The van der Waals surface area contributed by atoms with Crippen LogP contribution in [-0.4, -0.2) is 44.7 Å². The number of nitrogens with zero attached hydrogens (tertiary/aromatic N) is 1. The number of benzene rings is 4. The van der Waals surface area contributed by atoms with Gasteiger partial charge in [0.25, 0.3) is 5.91 Å². The van der Waals surface area contributed by atoms with E-state index in [1.165, 1.54) is 24.3 Å². The Morgan fingerprint density at radius 1 is 0.833 bits per heavy atom. The number of alkyl halides is 7. The predicted molar refractivity (Wildman–Crippen MR) is 157 cm³/mol. The second-order valence-electron chi connectivity index (χ2n) is 11.0. The van der Waals surface area contributed by atoms with Crippen LogP contribution in [0.5, 0.6) is 5.75 Å². The first kappa shape index (κ1) is 34.6. The summed E-state index contributed by atoms with van der Waals surface area (Å²) in [6.45, 7) is 2.16. The molecule has 1 aliphatic heterocycles. The summed E-state index contributed by atoms with van der Waals surface area (Å²) in [4.78, 5) is 15.9. The molecule has 5 nitrogen and oxygen atoms in total. The summed E-state index contributed by atoms with van der Waals surface area (Å²) in [6, 6.07) is 17.7. The number of anilines is 1. The molecular weight excluding hydrogens is 655 g/mol. The minimum atomic E-state index is -5.21. The highest BCUT2D eigenvalue weighted by atomic mass is 19.4. The molecule has 4 aromatic rings. The van der Waals surface area contributed by atoms with Crippen molar-refractivity contribution in [2.75, 3.05) is 31.2 Å². The van der Waals surface area contributed by atoms with Gasteiger partial charge < -0.3 is 19.7 Å². The largest absolute Gasteiger partial charge is 0.461 e. The summed E-state index contributed by atoms with van der Waals surface area (Å²) < 4.78 is 135. The highest BCUT2D eigenvalue weighted by Gasteiger charge is 2.45. The Labute approximate surface area is 268 Å².